The molecule has 0 aliphatic rings. The number of methoxy groups -OCH3 is 1. The van der Waals surface area contributed by atoms with Crippen molar-refractivity contribution in [2.75, 3.05) is 7.11 Å². The molecule has 0 bridgehead atoms. The molecule has 0 spiro atoms. The van der Waals surface area contributed by atoms with Gasteiger partial charge in [-0.15, -0.1) is 0 Å². The van der Waals surface area contributed by atoms with Gasteiger partial charge in [-0.25, -0.2) is 13.9 Å². The van der Waals surface area contributed by atoms with Crippen LogP contribution in [0.25, 0.3) is 5.69 Å². The zero-order valence-corrected chi connectivity index (χ0v) is 10.5. The predicted molar refractivity (Wildman–Crippen MR) is 66.1 cm³/mol. The van der Waals surface area contributed by atoms with E-state index in [2.05, 4.69) is 9.84 Å². The third-order valence-corrected chi connectivity index (χ3v) is 2.66. The van der Waals surface area contributed by atoms with E-state index in [1.54, 1.807) is 0 Å². The summed E-state index contributed by atoms with van der Waals surface area (Å²) < 4.78 is 19.0. The van der Waals surface area contributed by atoms with Crippen LogP contribution in [0.15, 0.2) is 35.3 Å². The molecule has 98 valence electrons. The number of esters is 1. The molecule has 2 rings (SSSR count). The van der Waals surface area contributed by atoms with Crippen LogP contribution >= 0.6 is 11.6 Å². The van der Waals surface area contributed by atoms with E-state index in [1.165, 1.54) is 23.0 Å². The van der Waals surface area contributed by atoms with Crippen LogP contribution in [-0.2, 0) is 4.74 Å². The van der Waals surface area contributed by atoms with Crippen molar-refractivity contribution in [3.05, 3.63) is 57.2 Å². The molecule has 0 N–H and O–H groups in total. The Labute approximate surface area is 112 Å². The summed E-state index contributed by atoms with van der Waals surface area (Å²) in [5, 5.41) is 3.77. The number of carbonyl (C=O) groups excluding carboxylic acids is 1. The quantitative estimate of drug-likeness (QED) is 0.788. The van der Waals surface area contributed by atoms with Crippen LogP contribution in [0.5, 0.6) is 0 Å². The molecule has 19 heavy (non-hydrogen) atoms. The van der Waals surface area contributed by atoms with Crippen LogP contribution < -0.4 is 5.43 Å². The number of halogens is 2. The molecular formula is C12H8ClFN2O3. The van der Waals surface area contributed by atoms with Crippen LogP contribution in [-0.4, -0.2) is 22.9 Å². The molecule has 5 nitrogen and oxygen atoms in total. The van der Waals surface area contributed by atoms with Crippen LogP contribution in [0, 0.1) is 5.82 Å². The topological polar surface area (TPSA) is 61.2 Å². The van der Waals surface area contributed by atoms with Crippen LogP contribution in [0.1, 0.15) is 10.5 Å². The van der Waals surface area contributed by atoms with E-state index in [0.717, 1.165) is 19.2 Å². The Morgan fingerprint density at radius 1 is 1.42 bits per heavy atom. The van der Waals surface area contributed by atoms with Gasteiger partial charge in [-0.05, 0) is 12.1 Å². The number of rotatable bonds is 2. The van der Waals surface area contributed by atoms with E-state index in [0.29, 0.717) is 5.69 Å². The lowest BCUT2D eigenvalue weighted by Gasteiger charge is -2.07. The molecule has 2 aromatic rings. The lowest BCUT2D eigenvalue weighted by atomic mass is 10.3. The maximum absolute atomic E-state index is 13.3. The van der Waals surface area contributed by atoms with Gasteiger partial charge < -0.3 is 4.74 Å². The minimum Gasteiger partial charge on any atom is -0.464 e. The maximum atomic E-state index is 13.3. The monoisotopic (exact) mass is 282 g/mol. The average molecular weight is 283 g/mol. The molecule has 0 unspecified atom stereocenters. The molecule has 7 heteroatoms. The minimum absolute atomic E-state index is 0.0296. The Hall–Kier alpha value is -2.21. The van der Waals surface area contributed by atoms with Gasteiger partial charge >= 0.3 is 5.97 Å². The van der Waals surface area contributed by atoms with Gasteiger partial charge in [0, 0.05) is 18.3 Å². The van der Waals surface area contributed by atoms with Gasteiger partial charge in [0.25, 0.3) is 0 Å². The second kappa shape index (κ2) is 5.19. The van der Waals surface area contributed by atoms with E-state index >= 15 is 0 Å². The molecule has 1 aromatic carbocycles. The van der Waals surface area contributed by atoms with Gasteiger partial charge in [-0.3, -0.25) is 4.79 Å². The SMILES string of the molecule is COC(=O)c1nn(-c2ccc(Cl)c(F)c2)ccc1=O. The summed E-state index contributed by atoms with van der Waals surface area (Å²) in [7, 11) is 1.14. The van der Waals surface area contributed by atoms with E-state index in [-0.39, 0.29) is 10.7 Å². The molecule has 1 heterocycles. The van der Waals surface area contributed by atoms with Crippen molar-refractivity contribution in [2.24, 2.45) is 0 Å². The lowest BCUT2D eigenvalue weighted by Crippen LogP contribution is -2.21. The van der Waals surface area contributed by atoms with E-state index in [9.17, 15) is 14.0 Å². The maximum Gasteiger partial charge on any atom is 0.362 e. The van der Waals surface area contributed by atoms with Crippen molar-refractivity contribution in [3.8, 4) is 5.69 Å². The molecule has 0 aliphatic heterocycles. The first kappa shape index (κ1) is 13.2. The highest BCUT2D eigenvalue weighted by atomic mass is 35.5. The van der Waals surface area contributed by atoms with Gasteiger partial charge in [0.1, 0.15) is 5.82 Å². The Kier molecular flexibility index (Phi) is 3.62. The molecule has 0 radical (unpaired) electrons. The number of hydrogen-bond donors (Lipinski definition) is 0. The highest BCUT2D eigenvalue weighted by Crippen LogP contribution is 2.17. The first-order chi connectivity index (χ1) is 9.02. The summed E-state index contributed by atoms with van der Waals surface area (Å²) in [5.41, 5.74) is -0.620. The Bertz CT molecular complexity index is 700. The van der Waals surface area contributed by atoms with Gasteiger partial charge in [0.15, 0.2) is 0 Å². The summed E-state index contributed by atoms with van der Waals surface area (Å²) in [6.45, 7) is 0. The third kappa shape index (κ3) is 2.63. The van der Waals surface area contributed by atoms with Gasteiger partial charge in [0.05, 0.1) is 17.8 Å². The van der Waals surface area contributed by atoms with E-state index < -0.39 is 17.2 Å². The average Bonchev–Trinajstić information content (AvgIpc) is 2.41. The summed E-state index contributed by atoms with van der Waals surface area (Å²) >= 11 is 5.57. The van der Waals surface area contributed by atoms with Crippen molar-refractivity contribution in [2.45, 2.75) is 0 Å². The van der Waals surface area contributed by atoms with Crippen molar-refractivity contribution < 1.29 is 13.9 Å². The van der Waals surface area contributed by atoms with Crippen molar-refractivity contribution in [1.29, 1.82) is 0 Å². The number of aromatic nitrogens is 2. The second-order valence-electron chi connectivity index (χ2n) is 3.56. The fourth-order valence-corrected chi connectivity index (χ4v) is 1.53. The molecule has 0 amide bonds. The number of ether oxygens (including phenoxy) is 1. The van der Waals surface area contributed by atoms with Crippen molar-refractivity contribution >= 4 is 17.6 Å². The Balaban J connectivity index is 2.54. The Morgan fingerprint density at radius 3 is 2.79 bits per heavy atom. The first-order valence-electron chi connectivity index (χ1n) is 5.16. The van der Waals surface area contributed by atoms with Crippen LogP contribution in [0.2, 0.25) is 5.02 Å². The molecule has 0 saturated heterocycles. The smallest absolute Gasteiger partial charge is 0.362 e. The highest BCUT2D eigenvalue weighted by Gasteiger charge is 2.13. The van der Waals surface area contributed by atoms with Crippen LogP contribution in [0.3, 0.4) is 0 Å². The highest BCUT2D eigenvalue weighted by molar-refractivity contribution is 6.30. The fourth-order valence-electron chi connectivity index (χ4n) is 1.42. The summed E-state index contributed by atoms with van der Waals surface area (Å²) in [6.07, 6.45) is 1.32. The van der Waals surface area contributed by atoms with Gasteiger partial charge in [-0.1, -0.05) is 11.6 Å². The molecular weight excluding hydrogens is 275 g/mol. The molecule has 0 saturated carbocycles. The Morgan fingerprint density at radius 2 is 2.16 bits per heavy atom. The standard InChI is InChI=1S/C12H8ClFN2O3/c1-19-12(18)11-10(17)4-5-16(15-11)7-2-3-8(13)9(14)6-7/h2-6H,1H3. The number of hydrogen-bond acceptors (Lipinski definition) is 4. The molecule has 1 aromatic heterocycles. The van der Waals surface area contributed by atoms with E-state index in [4.69, 9.17) is 11.6 Å². The summed E-state index contributed by atoms with van der Waals surface area (Å²) in [5.74, 6) is -1.48. The molecule has 0 aliphatic carbocycles. The third-order valence-electron chi connectivity index (χ3n) is 2.35. The van der Waals surface area contributed by atoms with Gasteiger partial charge in [-0.2, -0.15) is 5.10 Å². The summed E-state index contributed by atoms with van der Waals surface area (Å²) in [4.78, 5) is 22.8. The largest absolute Gasteiger partial charge is 0.464 e. The second-order valence-corrected chi connectivity index (χ2v) is 3.97. The zero-order valence-electron chi connectivity index (χ0n) is 9.76. The fraction of sp³-hybridized carbons (Fsp3) is 0.0833. The van der Waals surface area contributed by atoms with E-state index in [1.807, 2.05) is 0 Å². The van der Waals surface area contributed by atoms with Crippen molar-refractivity contribution in [1.82, 2.24) is 9.78 Å². The minimum atomic E-state index is -0.853. The lowest BCUT2D eigenvalue weighted by molar-refractivity contribution is 0.0590. The number of benzene rings is 1. The van der Waals surface area contributed by atoms with Gasteiger partial charge in [0.2, 0.25) is 11.1 Å². The summed E-state index contributed by atoms with van der Waals surface area (Å²) in [6, 6.07) is 5.14. The molecule has 0 fully saturated rings. The number of carbonyl (C=O) groups is 1. The first-order valence-corrected chi connectivity index (χ1v) is 5.54. The number of nitrogens with zero attached hydrogens (tertiary/aromatic N) is 2. The van der Waals surface area contributed by atoms with Crippen molar-refractivity contribution in [3.63, 3.8) is 0 Å². The predicted octanol–water partition coefficient (Wildman–Crippen LogP) is 1.81. The normalized spacial score (nSPS) is 10.3. The zero-order chi connectivity index (χ0) is 14.0. The molecule has 0 atom stereocenters. The van der Waals surface area contributed by atoms with Crippen LogP contribution in [0.4, 0.5) is 4.39 Å².